The van der Waals surface area contributed by atoms with Gasteiger partial charge in [0.25, 0.3) is 0 Å². The summed E-state index contributed by atoms with van der Waals surface area (Å²) >= 11 is 0. The van der Waals surface area contributed by atoms with Gasteiger partial charge in [0.05, 0.1) is 12.8 Å². The number of nitrogens with zero attached hydrogens (tertiary/aromatic N) is 1. The number of aromatic nitrogens is 1. The molecule has 0 saturated heterocycles. The summed E-state index contributed by atoms with van der Waals surface area (Å²) in [6.07, 6.45) is 3.45. The number of benzene rings is 1. The number of hydrogen-bond acceptors (Lipinski definition) is 3. The molecule has 0 atom stereocenters. The number of methoxy groups -OCH3 is 1. The summed E-state index contributed by atoms with van der Waals surface area (Å²) in [4.78, 5) is 0. The maximum Gasteiger partial charge on any atom is 0.202 e. The van der Waals surface area contributed by atoms with Crippen LogP contribution in [0.1, 0.15) is 24.0 Å². The molecule has 1 heterocycles. The SMILES string of the molecule is COc1ccc(-n2c(O)c3c(c2O)CCCC3)cc1F. The molecule has 1 aromatic heterocycles. The van der Waals surface area contributed by atoms with Crippen molar-refractivity contribution in [1.29, 1.82) is 0 Å². The van der Waals surface area contributed by atoms with Crippen LogP contribution < -0.4 is 4.74 Å². The second-order valence-electron chi connectivity index (χ2n) is 4.97. The smallest absolute Gasteiger partial charge is 0.202 e. The van der Waals surface area contributed by atoms with E-state index >= 15 is 0 Å². The van der Waals surface area contributed by atoms with Crippen molar-refractivity contribution >= 4 is 0 Å². The lowest BCUT2D eigenvalue weighted by Crippen LogP contribution is -1.98. The summed E-state index contributed by atoms with van der Waals surface area (Å²) in [5.41, 5.74) is 1.92. The molecule has 0 amide bonds. The third-order valence-corrected chi connectivity index (χ3v) is 3.82. The zero-order chi connectivity index (χ0) is 14.3. The van der Waals surface area contributed by atoms with E-state index < -0.39 is 5.82 Å². The van der Waals surface area contributed by atoms with Gasteiger partial charge in [-0.15, -0.1) is 0 Å². The highest BCUT2D eigenvalue weighted by molar-refractivity contribution is 5.54. The standard InChI is InChI=1S/C15H16FNO3/c1-20-13-7-6-9(8-12(13)16)17-14(18)10-4-2-3-5-11(10)15(17)19/h6-8,18-19H,2-5H2,1H3. The van der Waals surface area contributed by atoms with Crippen LogP contribution in [0.4, 0.5) is 4.39 Å². The number of hydrogen-bond donors (Lipinski definition) is 2. The van der Waals surface area contributed by atoms with Crippen LogP contribution in [0.5, 0.6) is 17.5 Å². The average Bonchev–Trinajstić information content (AvgIpc) is 2.71. The topological polar surface area (TPSA) is 54.6 Å². The van der Waals surface area contributed by atoms with Crippen LogP contribution in [0.25, 0.3) is 5.69 Å². The second kappa shape index (κ2) is 4.74. The van der Waals surface area contributed by atoms with Crippen LogP contribution in [0.2, 0.25) is 0 Å². The third-order valence-electron chi connectivity index (χ3n) is 3.82. The average molecular weight is 277 g/mol. The van der Waals surface area contributed by atoms with Crippen molar-refractivity contribution in [3.05, 3.63) is 35.1 Å². The van der Waals surface area contributed by atoms with Gasteiger partial charge in [0.1, 0.15) is 0 Å². The van der Waals surface area contributed by atoms with Crippen molar-refractivity contribution in [2.75, 3.05) is 7.11 Å². The predicted molar refractivity (Wildman–Crippen MR) is 72.3 cm³/mol. The fourth-order valence-electron chi connectivity index (χ4n) is 2.81. The van der Waals surface area contributed by atoms with E-state index in [1.165, 1.54) is 23.8 Å². The maximum atomic E-state index is 13.8. The van der Waals surface area contributed by atoms with Crippen molar-refractivity contribution in [2.45, 2.75) is 25.7 Å². The molecular formula is C15H16FNO3. The molecule has 1 aliphatic carbocycles. The molecule has 0 spiro atoms. The molecular weight excluding hydrogens is 261 g/mol. The van der Waals surface area contributed by atoms with E-state index in [1.54, 1.807) is 6.07 Å². The Hall–Kier alpha value is -2.17. The van der Waals surface area contributed by atoms with E-state index in [1.807, 2.05) is 0 Å². The molecule has 0 bridgehead atoms. The van der Waals surface area contributed by atoms with E-state index in [0.29, 0.717) is 5.69 Å². The van der Waals surface area contributed by atoms with Crippen LogP contribution in [0.3, 0.4) is 0 Å². The zero-order valence-electron chi connectivity index (χ0n) is 11.2. The molecule has 106 valence electrons. The Kier molecular flexibility index (Phi) is 3.04. The summed E-state index contributed by atoms with van der Waals surface area (Å²) in [5, 5.41) is 20.6. The monoisotopic (exact) mass is 277 g/mol. The summed E-state index contributed by atoms with van der Waals surface area (Å²) in [6.45, 7) is 0. The molecule has 5 heteroatoms. The van der Waals surface area contributed by atoms with Crippen LogP contribution in [-0.4, -0.2) is 21.9 Å². The highest BCUT2D eigenvalue weighted by Crippen LogP contribution is 2.41. The lowest BCUT2D eigenvalue weighted by atomic mass is 9.95. The van der Waals surface area contributed by atoms with Gasteiger partial charge < -0.3 is 14.9 Å². The van der Waals surface area contributed by atoms with E-state index in [2.05, 4.69) is 0 Å². The Bertz CT molecular complexity index is 634. The van der Waals surface area contributed by atoms with Gasteiger partial charge in [-0.3, -0.25) is 4.57 Å². The number of aromatic hydroxyl groups is 2. The molecule has 2 N–H and O–H groups in total. The van der Waals surface area contributed by atoms with Crippen molar-refractivity contribution in [3.8, 4) is 23.2 Å². The van der Waals surface area contributed by atoms with Gasteiger partial charge in [-0.25, -0.2) is 4.39 Å². The van der Waals surface area contributed by atoms with Gasteiger partial charge in [-0.1, -0.05) is 0 Å². The summed E-state index contributed by atoms with van der Waals surface area (Å²) in [6, 6.07) is 4.32. The van der Waals surface area contributed by atoms with Gasteiger partial charge in [-0.05, 0) is 37.8 Å². The first kappa shape index (κ1) is 12.8. The van der Waals surface area contributed by atoms with Gasteiger partial charge in [0.2, 0.25) is 11.8 Å². The minimum absolute atomic E-state index is 0.00164. The molecule has 0 saturated carbocycles. The molecule has 3 rings (SSSR count). The summed E-state index contributed by atoms with van der Waals surface area (Å²) < 4.78 is 19.9. The summed E-state index contributed by atoms with van der Waals surface area (Å²) in [7, 11) is 1.39. The molecule has 0 aliphatic heterocycles. The molecule has 1 aromatic carbocycles. The first-order valence-electron chi connectivity index (χ1n) is 6.61. The van der Waals surface area contributed by atoms with Gasteiger partial charge in [0, 0.05) is 17.2 Å². The zero-order valence-corrected chi connectivity index (χ0v) is 11.2. The normalized spacial score (nSPS) is 14.1. The number of fused-ring (bicyclic) bond motifs is 1. The maximum absolute atomic E-state index is 13.8. The van der Waals surface area contributed by atoms with E-state index in [9.17, 15) is 14.6 Å². The fourth-order valence-corrected chi connectivity index (χ4v) is 2.81. The Morgan fingerprint density at radius 3 is 2.20 bits per heavy atom. The molecule has 0 unspecified atom stereocenters. The van der Waals surface area contributed by atoms with Gasteiger partial charge >= 0.3 is 0 Å². The Labute approximate surface area is 116 Å². The molecule has 20 heavy (non-hydrogen) atoms. The largest absolute Gasteiger partial charge is 0.494 e. The lowest BCUT2D eigenvalue weighted by molar-refractivity contribution is 0.384. The minimum Gasteiger partial charge on any atom is -0.494 e. The number of rotatable bonds is 2. The Balaban J connectivity index is 2.15. The predicted octanol–water partition coefficient (Wildman–Crippen LogP) is 2.92. The van der Waals surface area contributed by atoms with Crippen LogP contribution in [-0.2, 0) is 12.8 Å². The number of ether oxygens (including phenoxy) is 1. The van der Waals surface area contributed by atoms with Crippen molar-refractivity contribution in [2.24, 2.45) is 0 Å². The van der Waals surface area contributed by atoms with E-state index in [-0.39, 0.29) is 17.5 Å². The third kappa shape index (κ3) is 1.81. The summed E-state index contributed by atoms with van der Waals surface area (Å²) in [5.74, 6) is -0.399. The van der Waals surface area contributed by atoms with Gasteiger partial charge in [0.15, 0.2) is 11.6 Å². The van der Waals surface area contributed by atoms with Crippen molar-refractivity contribution in [1.82, 2.24) is 4.57 Å². The van der Waals surface area contributed by atoms with Crippen LogP contribution in [0.15, 0.2) is 18.2 Å². The first-order valence-corrected chi connectivity index (χ1v) is 6.61. The van der Waals surface area contributed by atoms with E-state index in [4.69, 9.17) is 4.74 Å². The Morgan fingerprint density at radius 2 is 1.70 bits per heavy atom. The Morgan fingerprint density at radius 1 is 1.10 bits per heavy atom. The van der Waals surface area contributed by atoms with Gasteiger partial charge in [-0.2, -0.15) is 0 Å². The van der Waals surface area contributed by atoms with Crippen LogP contribution in [0, 0.1) is 5.82 Å². The molecule has 4 nitrogen and oxygen atoms in total. The highest BCUT2D eigenvalue weighted by atomic mass is 19.1. The second-order valence-corrected chi connectivity index (χ2v) is 4.97. The lowest BCUT2D eigenvalue weighted by Gasteiger charge is -2.09. The quantitative estimate of drug-likeness (QED) is 0.887. The fraction of sp³-hybridized carbons (Fsp3) is 0.333. The number of halogens is 1. The van der Waals surface area contributed by atoms with Crippen LogP contribution >= 0.6 is 0 Å². The van der Waals surface area contributed by atoms with Crippen molar-refractivity contribution in [3.63, 3.8) is 0 Å². The highest BCUT2D eigenvalue weighted by Gasteiger charge is 2.25. The molecule has 2 aromatic rings. The van der Waals surface area contributed by atoms with E-state index in [0.717, 1.165) is 36.8 Å². The molecule has 0 fully saturated rings. The first-order chi connectivity index (χ1) is 9.63. The van der Waals surface area contributed by atoms with Crippen molar-refractivity contribution < 1.29 is 19.3 Å². The minimum atomic E-state index is -0.532. The molecule has 1 aliphatic rings. The molecule has 0 radical (unpaired) electrons.